The molecule has 1 aliphatic heterocycles. The second-order valence-corrected chi connectivity index (χ2v) is 10.5. The molecule has 0 spiro atoms. The van der Waals surface area contributed by atoms with E-state index in [9.17, 15) is 0 Å². The van der Waals surface area contributed by atoms with Gasteiger partial charge in [-0.3, -0.25) is 0 Å². The molecule has 4 heterocycles. The van der Waals surface area contributed by atoms with Crippen molar-refractivity contribution in [3.8, 4) is 22.8 Å². The van der Waals surface area contributed by atoms with Crippen molar-refractivity contribution in [3.63, 3.8) is 0 Å². The first-order valence-corrected chi connectivity index (χ1v) is 12.4. The van der Waals surface area contributed by atoms with Crippen LogP contribution in [0, 0.1) is 12.3 Å². The lowest BCUT2D eigenvalue weighted by atomic mass is 9.67. The Morgan fingerprint density at radius 3 is 2.74 bits per heavy atom. The Labute approximate surface area is 186 Å². The van der Waals surface area contributed by atoms with Crippen LogP contribution in [0.15, 0.2) is 29.1 Å². The minimum atomic E-state index is 0.537. The molecule has 1 saturated carbocycles. The standard InChI is InChI=1S/C26H29N2O2S/c1-5-26(6-2)10-7-16(8-11-26)24-23-21-22(28(4)14-27-25(21)31-24)20-15(3)17-9-12-29-18(17)13-19(20)30-23/h9,12-14,16H,5-8,10-11H2,1-4H3/q+1. The Morgan fingerprint density at radius 2 is 2.00 bits per heavy atom. The van der Waals surface area contributed by atoms with Crippen LogP contribution in [0.4, 0.5) is 0 Å². The zero-order valence-electron chi connectivity index (χ0n) is 18.7. The van der Waals surface area contributed by atoms with Gasteiger partial charge in [0, 0.05) is 11.5 Å². The number of aromatic nitrogens is 2. The zero-order chi connectivity index (χ0) is 21.3. The number of ether oxygens (including phenoxy) is 1. The molecule has 5 heteroatoms. The minimum absolute atomic E-state index is 0.537. The summed E-state index contributed by atoms with van der Waals surface area (Å²) in [7, 11) is 2.09. The van der Waals surface area contributed by atoms with Crippen LogP contribution in [0.1, 0.15) is 68.7 Å². The van der Waals surface area contributed by atoms with E-state index >= 15 is 0 Å². The van der Waals surface area contributed by atoms with Gasteiger partial charge in [-0.25, -0.2) is 4.57 Å². The third-order valence-electron chi connectivity index (χ3n) is 8.16. The number of aryl methyl sites for hydroxylation is 2. The Hall–Kier alpha value is -2.40. The summed E-state index contributed by atoms with van der Waals surface area (Å²) in [5, 5.41) is 2.33. The van der Waals surface area contributed by atoms with E-state index in [1.165, 1.54) is 65.6 Å². The van der Waals surface area contributed by atoms with Gasteiger partial charge in [-0.1, -0.05) is 38.0 Å². The molecule has 6 rings (SSSR count). The summed E-state index contributed by atoms with van der Waals surface area (Å²) in [5.41, 5.74) is 5.01. The Balaban J connectivity index is 1.53. The van der Waals surface area contributed by atoms with Crippen LogP contribution >= 0.6 is 11.3 Å². The third kappa shape index (κ3) is 2.65. The van der Waals surface area contributed by atoms with E-state index in [2.05, 4.69) is 38.5 Å². The van der Waals surface area contributed by atoms with Crippen molar-refractivity contribution < 1.29 is 13.7 Å². The third-order valence-corrected chi connectivity index (χ3v) is 9.40. The average Bonchev–Trinajstić information content (AvgIpc) is 3.41. The molecule has 3 aromatic heterocycles. The first-order valence-electron chi connectivity index (χ1n) is 11.6. The van der Waals surface area contributed by atoms with E-state index in [1.807, 2.05) is 23.7 Å². The monoisotopic (exact) mass is 433 g/mol. The molecule has 0 saturated heterocycles. The first kappa shape index (κ1) is 19.3. The topological polar surface area (TPSA) is 39.1 Å². The minimum Gasteiger partial charge on any atom is -0.464 e. The van der Waals surface area contributed by atoms with Gasteiger partial charge in [0.05, 0.1) is 23.8 Å². The second-order valence-electron chi connectivity index (χ2n) is 9.47. The summed E-state index contributed by atoms with van der Waals surface area (Å²) in [4.78, 5) is 7.28. The van der Waals surface area contributed by atoms with Crippen LogP contribution < -0.4 is 9.30 Å². The van der Waals surface area contributed by atoms with Crippen LogP contribution in [0.5, 0.6) is 11.5 Å². The van der Waals surface area contributed by atoms with E-state index < -0.39 is 0 Å². The highest BCUT2D eigenvalue weighted by Crippen LogP contribution is 2.56. The van der Waals surface area contributed by atoms with Crippen LogP contribution in [-0.2, 0) is 7.05 Å². The van der Waals surface area contributed by atoms with Gasteiger partial charge in [0.25, 0.3) is 6.33 Å². The Morgan fingerprint density at radius 1 is 1.23 bits per heavy atom. The molecule has 4 nitrogen and oxygen atoms in total. The van der Waals surface area contributed by atoms with E-state index in [4.69, 9.17) is 14.1 Å². The van der Waals surface area contributed by atoms with E-state index in [0.717, 1.165) is 27.3 Å². The number of fused-ring (bicyclic) bond motifs is 3. The van der Waals surface area contributed by atoms with E-state index in [0.29, 0.717) is 11.3 Å². The fourth-order valence-electron chi connectivity index (χ4n) is 5.95. The molecular formula is C26H29N2O2S+. The molecule has 160 valence electrons. The summed E-state index contributed by atoms with van der Waals surface area (Å²) in [5.74, 6) is 2.51. The zero-order valence-corrected chi connectivity index (χ0v) is 19.6. The van der Waals surface area contributed by atoms with E-state index in [-0.39, 0.29) is 0 Å². The summed E-state index contributed by atoms with van der Waals surface area (Å²) in [6, 6.07) is 4.11. The molecule has 1 aliphatic carbocycles. The molecule has 0 atom stereocenters. The van der Waals surface area contributed by atoms with Crippen molar-refractivity contribution in [1.82, 2.24) is 4.98 Å². The fraction of sp³-hybridized carbons (Fsp3) is 0.462. The summed E-state index contributed by atoms with van der Waals surface area (Å²) >= 11 is 1.84. The predicted octanol–water partition coefficient (Wildman–Crippen LogP) is 7.41. The van der Waals surface area contributed by atoms with Crippen molar-refractivity contribution in [2.24, 2.45) is 12.5 Å². The number of hydrogen-bond donors (Lipinski definition) is 0. The van der Waals surface area contributed by atoms with Crippen molar-refractivity contribution in [2.75, 3.05) is 0 Å². The van der Waals surface area contributed by atoms with Crippen molar-refractivity contribution >= 4 is 32.5 Å². The molecule has 31 heavy (non-hydrogen) atoms. The van der Waals surface area contributed by atoms with Gasteiger partial charge in [-0.2, -0.15) is 0 Å². The summed E-state index contributed by atoms with van der Waals surface area (Å²) < 4.78 is 14.6. The molecule has 4 aromatic rings. The average molecular weight is 434 g/mol. The lowest BCUT2D eigenvalue weighted by Crippen LogP contribution is -2.32. The number of benzene rings is 1. The lowest BCUT2D eigenvalue weighted by Gasteiger charge is -2.39. The highest BCUT2D eigenvalue weighted by atomic mass is 32.1. The van der Waals surface area contributed by atoms with Crippen molar-refractivity contribution in [3.05, 3.63) is 35.2 Å². The molecule has 0 amide bonds. The summed E-state index contributed by atoms with van der Waals surface area (Å²) in [6.45, 7) is 6.89. The normalized spacial score (nSPS) is 17.8. The number of rotatable bonds is 3. The van der Waals surface area contributed by atoms with Gasteiger partial charge in [0.15, 0.2) is 11.4 Å². The molecule has 1 aromatic carbocycles. The van der Waals surface area contributed by atoms with Gasteiger partial charge in [-0.05, 0) is 60.6 Å². The molecular weight excluding hydrogens is 404 g/mol. The molecule has 2 aliphatic rings. The Kier molecular flexibility index (Phi) is 4.23. The first-order chi connectivity index (χ1) is 15.0. The highest BCUT2D eigenvalue weighted by Gasteiger charge is 2.39. The van der Waals surface area contributed by atoms with Gasteiger partial charge in [0.1, 0.15) is 16.7 Å². The van der Waals surface area contributed by atoms with Gasteiger partial charge < -0.3 is 9.15 Å². The van der Waals surface area contributed by atoms with E-state index in [1.54, 1.807) is 6.26 Å². The van der Waals surface area contributed by atoms with Gasteiger partial charge in [0.2, 0.25) is 4.83 Å². The lowest BCUT2D eigenvalue weighted by molar-refractivity contribution is -0.662. The van der Waals surface area contributed by atoms with Gasteiger partial charge in [-0.15, -0.1) is 0 Å². The maximum Gasteiger partial charge on any atom is 0.288 e. The summed E-state index contributed by atoms with van der Waals surface area (Å²) in [6.07, 6.45) is 11.4. The number of nitrogens with zero attached hydrogens (tertiary/aromatic N) is 2. The largest absolute Gasteiger partial charge is 0.464 e. The van der Waals surface area contributed by atoms with Crippen LogP contribution in [0.2, 0.25) is 0 Å². The molecule has 0 bridgehead atoms. The highest BCUT2D eigenvalue weighted by molar-refractivity contribution is 7.19. The quantitative estimate of drug-likeness (QED) is 0.278. The van der Waals surface area contributed by atoms with Crippen LogP contribution in [0.3, 0.4) is 0 Å². The Bertz CT molecular complexity index is 1320. The fourth-order valence-corrected chi connectivity index (χ4v) is 7.19. The van der Waals surface area contributed by atoms with Gasteiger partial charge >= 0.3 is 0 Å². The molecule has 0 unspecified atom stereocenters. The number of furan rings is 1. The van der Waals surface area contributed by atoms with Crippen LogP contribution in [-0.4, -0.2) is 4.98 Å². The van der Waals surface area contributed by atoms with Crippen LogP contribution in [0.25, 0.3) is 32.4 Å². The predicted molar refractivity (Wildman–Crippen MR) is 125 cm³/mol. The maximum atomic E-state index is 6.69. The number of hydrogen-bond acceptors (Lipinski definition) is 4. The molecule has 0 N–H and O–H groups in total. The number of thiophene rings is 1. The van der Waals surface area contributed by atoms with Crippen molar-refractivity contribution in [2.45, 2.75) is 65.2 Å². The molecule has 0 radical (unpaired) electrons. The van der Waals surface area contributed by atoms with Crippen molar-refractivity contribution in [1.29, 1.82) is 0 Å². The molecule has 1 fully saturated rings. The maximum absolute atomic E-state index is 6.69. The smallest absolute Gasteiger partial charge is 0.288 e. The SMILES string of the molecule is CCC1(CC)CCC(c2sc3nc[n+](C)c4c3c2Oc2cc3occc3c(C)c2-4)CC1. The second kappa shape index (κ2) is 6.80.